The number of thiazole rings is 1. The summed E-state index contributed by atoms with van der Waals surface area (Å²) in [4.78, 5) is 27.9. The van der Waals surface area contributed by atoms with Crippen LogP contribution in [0.25, 0.3) is 11.3 Å². The van der Waals surface area contributed by atoms with E-state index in [1.165, 1.54) is 47.4 Å². The molecule has 3 rings (SSSR count). The standard InChI is InChI=1S/C18H14FN3O3S2/c1-11(27-15-7-5-13(19)6-8-15)17(23)21-18-20-16(10-26-18)12-3-2-4-14(9-12)22(24)25/h2-11H,1H3,(H,20,21,23)/t11-/m0/s1. The number of hydrogen-bond acceptors (Lipinski definition) is 6. The monoisotopic (exact) mass is 403 g/mol. The molecule has 27 heavy (non-hydrogen) atoms. The van der Waals surface area contributed by atoms with Crippen LogP contribution < -0.4 is 5.32 Å². The molecule has 0 aliphatic carbocycles. The summed E-state index contributed by atoms with van der Waals surface area (Å²) in [5.74, 6) is -0.558. The van der Waals surface area contributed by atoms with E-state index in [1.807, 2.05) is 0 Å². The van der Waals surface area contributed by atoms with E-state index in [0.29, 0.717) is 16.4 Å². The van der Waals surface area contributed by atoms with Gasteiger partial charge in [-0.1, -0.05) is 12.1 Å². The average molecular weight is 403 g/mol. The molecule has 1 aromatic heterocycles. The summed E-state index contributed by atoms with van der Waals surface area (Å²) < 4.78 is 12.9. The number of hydrogen-bond donors (Lipinski definition) is 1. The summed E-state index contributed by atoms with van der Waals surface area (Å²) in [6, 6.07) is 12.1. The van der Waals surface area contributed by atoms with Crippen LogP contribution in [0.2, 0.25) is 0 Å². The molecule has 1 heterocycles. The number of benzene rings is 2. The molecule has 138 valence electrons. The highest BCUT2D eigenvalue weighted by atomic mass is 32.2. The summed E-state index contributed by atoms with van der Waals surface area (Å²) in [5.41, 5.74) is 1.14. The van der Waals surface area contributed by atoms with Crippen LogP contribution in [0.3, 0.4) is 0 Å². The second-order valence-electron chi connectivity index (χ2n) is 5.55. The maximum atomic E-state index is 12.9. The molecule has 9 heteroatoms. The number of thioether (sulfide) groups is 1. The van der Waals surface area contributed by atoms with Gasteiger partial charge in [0.05, 0.1) is 15.9 Å². The number of anilines is 1. The van der Waals surface area contributed by atoms with Crippen LogP contribution in [0.4, 0.5) is 15.2 Å². The molecule has 0 radical (unpaired) electrons. The second-order valence-corrected chi connectivity index (χ2v) is 7.82. The lowest BCUT2D eigenvalue weighted by Gasteiger charge is -2.10. The Morgan fingerprint density at radius 3 is 2.74 bits per heavy atom. The third-order valence-electron chi connectivity index (χ3n) is 3.58. The van der Waals surface area contributed by atoms with E-state index in [1.54, 1.807) is 36.6 Å². The van der Waals surface area contributed by atoms with Crippen molar-refractivity contribution in [1.82, 2.24) is 4.98 Å². The number of carbonyl (C=O) groups is 1. The van der Waals surface area contributed by atoms with Crippen molar-refractivity contribution in [3.05, 3.63) is 69.8 Å². The Balaban J connectivity index is 1.66. The molecule has 2 aromatic carbocycles. The molecule has 0 spiro atoms. The van der Waals surface area contributed by atoms with Crippen LogP contribution in [-0.4, -0.2) is 21.1 Å². The maximum absolute atomic E-state index is 12.9. The van der Waals surface area contributed by atoms with Gasteiger partial charge < -0.3 is 5.32 Å². The number of aromatic nitrogens is 1. The van der Waals surface area contributed by atoms with Gasteiger partial charge in [-0.3, -0.25) is 14.9 Å². The first-order valence-electron chi connectivity index (χ1n) is 7.86. The van der Waals surface area contributed by atoms with Gasteiger partial charge in [-0.15, -0.1) is 23.1 Å². The van der Waals surface area contributed by atoms with Gasteiger partial charge >= 0.3 is 0 Å². The van der Waals surface area contributed by atoms with Crippen LogP contribution in [0.5, 0.6) is 0 Å². The van der Waals surface area contributed by atoms with Crippen molar-refractivity contribution in [2.24, 2.45) is 0 Å². The molecule has 6 nitrogen and oxygen atoms in total. The zero-order valence-electron chi connectivity index (χ0n) is 14.1. The summed E-state index contributed by atoms with van der Waals surface area (Å²) >= 11 is 2.55. The van der Waals surface area contributed by atoms with E-state index in [2.05, 4.69) is 10.3 Å². The first-order valence-corrected chi connectivity index (χ1v) is 9.62. The number of nitro benzene ring substituents is 1. The van der Waals surface area contributed by atoms with Crippen molar-refractivity contribution < 1.29 is 14.1 Å². The molecule has 1 N–H and O–H groups in total. The number of carbonyl (C=O) groups excluding carboxylic acids is 1. The minimum atomic E-state index is -0.465. The molecule has 0 saturated carbocycles. The molecule has 0 fully saturated rings. The van der Waals surface area contributed by atoms with E-state index in [4.69, 9.17) is 0 Å². The lowest BCUT2D eigenvalue weighted by atomic mass is 10.1. The van der Waals surface area contributed by atoms with Gasteiger partial charge in [-0.25, -0.2) is 9.37 Å². The topological polar surface area (TPSA) is 85.1 Å². The Bertz CT molecular complexity index is 976. The highest BCUT2D eigenvalue weighted by molar-refractivity contribution is 8.00. The van der Waals surface area contributed by atoms with Crippen LogP contribution in [-0.2, 0) is 4.79 Å². The van der Waals surface area contributed by atoms with Crippen LogP contribution in [0.15, 0.2) is 58.8 Å². The molecule has 3 aromatic rings. The van der Waals surface area contributed by atoms with Crippen molar-refractivity contribution in [2.45, 2.75) is 17.1 Å². The predicted molar refractivity (Wildman–Crippen MR) is 105 cm³/mol. The number of amides is 1. The summed E-state index contributed by atoms with van der Waals surface area (Å²) in [6.45, 7) is 1.75. The Morgan fingerprint density at radius 1 is 1.30 bits per heavy atom. The van der Waals surface area contributed by atoms with Crippen molar-refractivity contribution in [3.8, 4) is 11.3 Å². The SMILES string of the molecule is C[C@H](Sc1ccc(F)cc1)C(=O)Nc1nc(-c2cccc([N+](=O)[O-])c2)cs1. The normalized spacial score (nSPS) is 11.8. The molecule has 0 saturated heterocycles. The number of non-ortho nitro benzene ring substituents is 1. The minimum Gasteiger partial charge on any atom is -0.301 e. The van der Waals surface area contributed by atoms with Crippen molar-refractivity contribution >= 4 is 39.8 Å². The van der Waals surface area contributed by atoms with Gasteiger partial charge in [-0.2, -0.15) is 0 Å². The molecule has 0 unspecified atom stereocenters. The van der Waals surface area contributed by atoms with Gasteiger partial charge in [0.15, 0.2) is 5.13 Å². The van der Waals surface area contributed by atoms with Crippen molar-refractivity contribution in [3.63, 3.8) is 0 Å². The highest BCUT2D eigenvalue weighted by Crippen LogP contribution is 2.29. The van der Waals surface area contributed by atoms with E-state index >= 15 is 0 Å². The number of nitro groups is 1. The number of halogens is 1. The Labute approximate surface area is 162 Å². The fraction of sp³-hybridized carbons (Fsp3) is 0.111. The maximum Gasteiger partial charge on any atom is 0.270 e. The first kappa shape index (κ1) is 19.0. The van der Waals surface area contributed by atoms with Crippen molar-refractivity contribution in [2.75, 3.05) is 5.32 Å². The van der Waals surface area contributed by atoms with Gasteiger partial charge in [-0.05, 0) is 31.2 Å². The Kier molecular flexibility index (Phi) is 5.82. The molecule has 0 aliphatic rings. The zero-order chi connectivity index (χ0) is 19.4. The van der Waals surface area contributed by atoms with E-state index in [-0.39, 0.29) is 17.4 Å². The van der Waals surface area contributed by atoms with Gasteiger partial charge in [0, 0.05) is 28.0 Å². The van der Waals surface area contributed by atoms with Crippen LogP contribution >= 0.6 is 23.1 Å². The number of nitrogens with zero attached hydrogens (tertiary/aromatic N) is 2. The minimum absolute atomic E-state index is 0.0181. The van der Waals surface area contributed by atoms with Gasteiger partial charge in [0.25, 0.3) is 5.69 Å². The summed E-state index contributed by atoms with van der Waals surface area (Å²) in [5, 5.41) is 15.4. The average Bonchev–Trinajstić information content (AvgIpc) is 3.12. The Hall–Kier alpha value is -2.78. The number of nitrogens with one attached hydrogen (secondary N) is 1. The fourth-order valence-corrected chi connectivity index (χ4v) is 3.81. The molecule has 1 amide bonds. The third-order valence-corrected chi connectivity index (χ3v) is 5.45. The smallest absolute Gasteiger partial charge is 0.270 e. The lowest BCUT2D eigenvalue weighted by molar-refractivity contribution is -0.384. The van der Waals surface area contributed by atoms with Crippen LogP contribution in [0, 0.1) is 15.9 Å². The van der Waals surface area contributed by atoms with E-state index in [9.17, 15) is 19.3 Å². The number of rotatable bonds is 6. The summed E-state index contributed by atoms with van der Waals surface area (Å²) in [7, 11) is 0. The van der Waals surface area contributed by atoms with Crippen LogP contribution in [0.1, 0.15) is 6.92 Å². The quantitative estimate of drug-likeness (QED) is 0.357. The second kappa shape index (κ2) is 8.28. The fourth-order valence-electron chi connectivity index (χ4n) is 2.22. The third kappa shape index (κ3) is 4.89. The molecule has 0 bridgehead atoms. The predicted octanol–water partition coefficient (Wildman–Crippen LogP) is 4.98. The zero-order valence-corrected chi connectivity index (χ0v) is 15.7. The summed E-state index contributed by atoms with van der Waals surface area (Å²) in [6.07, 6.45) is 0. The molecular formula is C18H14FN3O3S2. The molecule has 1 atom stereocenters. The highest BCUT2D eigenvalue weighted by Gasteiger charge is 2.17. The molecular weight excluding hydrogens is 389 g/mol. The van der Waals surface area contributed by atoms with Crippen molar-refractivity contribution in [1.29, 1.82) is 0 Å². The van der Waals surface area contributed by atoms with E-state index < -0.39 is 10.2 Å². The van der Waals surface area contributed by atoms with Gasteiger partial charge in [0.1, 0.15) is 5.82 Å². The first-order chi connectivity index (χ1) is 12.9. The van der Waals surface area contributed by atoms with Gasteiger partial charge in [0.2, 0.25) is 5.91 Å². The molecule has 0 aliphatic heterocycles. The Morgan fingerprint density at radius 2 is 2.04 bits per heavy atom. The lowest BCUT2D eigenvalue weighted by Crippen LogP contribution is -2.22. The largest absolute Gasteiger partial charge is 0.301 e. The van der Waals surface area contributed by atoms with E-state index in [0.717, 1.165) is 4.90 Å².